The van der Waals surface area contributed by atoms with E-state index in [0.29, 0.717) is 11.5 Å². The minimum absolute atomic E-state index is 0. The number of rotatable bonds is 7. The summed E-state index contributed by atoms with van der Waals surface area (Å²) in [6.45, 7) is 8.96. The van der Waals surface area contributed by atoms with Crippen LogP contribution in [0, 0.1) is 18.8 Å². The van der Waals surface area contributed by atoms with Gasteiger partial charge in [-0.15, -0.1) is 48.8 Å². The maximum atomic E-state index is 6.62. The van der Waals surface area contributed by atoms with Gasteiger partial charge in [-0.1, -0.05) is 117 Å². The molecule has 318 valence electrons. The second kappa shape index (κ2) is 16.0. The largest absolute Gasteiger partial charge is 0.509 e. The number of hydrogen-bond acceptors (Lipinski definition) is 4. The molecule has 0 amide bonds. The predicted molar refractivity (Wildman–Crippen MR) is 263 cm³/mol. The first-order valence-electron chi connectivity index (χ1n) is 21.7. The van der Waals surface area contributed by atoms with E-state index in [1.807, 2.05) is 36.5 Å². The molecule has 0 unspecified atom stereocenters. The Labute approximate surface area is 392 Å². The van der Waals surface area contributed by atoms with Crippen molar-refractivity contribution in [2.24, 2.45) is 0 Å². The van der Waals surface area contributed by atoms with Crippen molar-refractivity contribution in [1.29, 1.82) is 0 Å². The fraction of sp³-hybridized carbons (Fsp3) is 0.0690. The smallest absolute Gasteiger partial charge is 0.143 e. The first kappa shape index (κ1) is 40.4. The van der Waals surface area contributed by atoms with Crippen LogP contribution in [0.5, 0.6) is 11.5 Å². The summed E-state index contributed by atoms with van der Waals surface area (Å²) in [6, 6.07) is 73.3. The predicted octanol–water partition coefficient (Wildman–Crippen LogP) is 15.0. The molecule has 0 N–H and O–H groups in total. The number of nitrogens with zero attached hydrogens (tertiary/aromatic N) is 5. The maximum absolute atomic E-state index is 6.62. The fourth-order valence-electron chi connectivity index (χ4n) is 9.35. The number of pyridine rings is 1. The Morgan fingerprint density at radius 1 is 0.492 bits per heavy atom. The van der Waals surface area contributed by atoms with E-state index in [0.717, 1.165) is 56.1 Å². The Hall–Kier alpha value is -7.40. The Morgan fingerprint density at radius 2 is 1.11 bits per heavy atom. The van der Waals surface area contributed by atoms with E-state index >= 15 is 0 Å². The van der Waals surface area contributed by atoms with Crippen molar-refractivity contribution in [3.63, 3.8) is 0 Å². The van der Waals surface area contributed by atoms with E-state index in [1.165, 1.54) is 38.5 Å². The molecule has 0 saturated carbocycles. The van der Waals surface area contributed by atoms with Crippen LogP contribution in [0.15, 0.2) is 194 Å². The molecule has 12 rings (SSSR count). The average molecular weight is 1020 g/mol. The van der Waals surface area contributed by atoms with E-state index in [2.05, 4.69) is 216 Å². The van der Waals surface area contributed by atoms with Gasteiger partial charge in [0.25, 0.3) is 0 Å². The molecule has 0 atom stereocenters. The average Bonchev–Trinajstić information content (AvgIpc) is 4.00. The van der Waals surface area contributed by atoms with E-state index in [4.69, 9.17) is 9.72 Å². The first-order valence-corrected chi connectivity index (χ1v) is 21.7. The molecule has 65 heavy (non-hydrogen) atoms. The minimum Gasteiger partial charge on any atom is -0.509 e. The summed E-state index contributed by atoms with van der Waals surface area (Å²) in [4.78, 5) is 9.41. The van der Waals surface area contributed by atoms with Crippen molar-refractivity contribution >= 4 is 66.5 Å². The van der Waals surface area contributed by atoms with Gasteiger partial charge in [0, 0.05) is 88.6 Å². The Bertz CT molecular complexity index is 3530. The third kappa shape index (κ3) is 6.88. The molecule has 6 nitrogen and oxygen atoms in total. The number of fused-ring (bicyclic) bond motifs is 7. The molecule has 1 aliphatic rings. The van der Waals surface area contributed by atoms with Gasteiger partial charge in [-0.25, -0.2) is 4.98 Å². The van der Waals surface area contributed by atoms with Crippen molar-refractivity contribution < 1.29 is 25.8 Å². The summed E-state index contributed by atoms with van der Waals surface area (Å²) in [5.41, 5.74) is 13.9. The van der Waals surface area contributed by atoms with E-state index < -0.39 is 0 Å². The van der Waals surface area contributed by atoms with Gasteiger partial charge in [0.05, 0.1) is 16.6 Å². The molecular formula is C58H42N5OPt-3. The summed E-state index contributed by atoms with van der Waals surface area (Å²) in [5, 5.41) is 4.65. The van der Waals surface area contributed by atoms with E-state index in [-0.39, 0.29) is 26.5 Å². The molecule has 3 aromatic heterocycles. The zero-order valence-electron chi connectivity index (χ0n) is 36.0. The van der Waals surface area contributed by atoms with Crippen LogP contribution in [0.4, 0.5) is 22.7 Å². The van der Waals surface area contributed by atoms with Crippen LogP contribution in [0.2, 0.25) is 0 Å². The third-order valence-electron chi connectivity index (χ3n) is 12.4. The standard InChI is InChI=1S/C58H42N5O.Pt/c1-58(2,3)40-29-31-46(39-16-5-4-6-17-39)56(34-40)61-38-60(54-27-11-12-28-55(54)61)41-18-13-20-44(35-41)64-45-21-14-19-42(36-45)63-53-32-30-43(37-50(53)49-24-15-33-59-57(49)63)62-51-25-9-7-22-47(51)48-23-8-10-26-52(48)62;/h4-34,37-38H,1-3H3;/q-3;. The topological polar surface area (TPSA) is 38.5 Å². The quantitative estimate of drug-likeness (QED) is 0.149. The Balaban J connectivity index is 0.00000469. The van der Waals surface area contributed by atoms with Crippen LogP contribution in [0.25, 0.3) is 66.2 Å². The van der Waals surface area contributed by atoms with Crippen molar-refractivity contribution in [3.05, 3.63) is 219 Å². The van der Waals surface area contributed by atoms with Gasteiger partial charge in [-0.3, -0.25) is 0 Å². The van der Waals surface area contributed by atoms with Gasteiger partial charge in [0.15, 0.2) is 0 Å². The molecule has 11 aromatic rings. The van der Waals surface area contributed by atoms with Crippen LogP contribution in [-0.2, 0) is 26.5 Å². The molecular weight excluding hydrogens is 978 g/mol. The fourth-order valence-corrected chi connectivity index (χ4v) is 9.35. The minimum atomic E-state index is -0.0212. The van der Waals surface area contributed by atoms with Crippen LogP contribution in [-0.4, -0.2) is 14.1 Å². The zero-order valence-corrected chi connectivity index (χ0v) is 38.3. The summed E-state index contributed by atoms with van der Waals surface area (Å²) < 4.78 is 11.2. The number of para-hydroxylation sites is 4. The molecule has 0 fully saturated rings. The van der Waals surface area contributed by atoms with Crippen LogP contribution >= 0.6 is 0 Å². The monoisotopic (exact) mass is 1020 g/mol. The molecule has 4 heterocycles. The molecule has 7 heteroatoms. The van der Waals surface area contributed by atoms with Crippen LogP contribution in [0.3, 0.4) is 0 Å². The maximum Gasteiger partial charge on any atom is 0.143 e. The van der Waals surface area contributed by atoms with Gasteiger partial charge < -0.3 is 23.7 Å². The SMILES string of the molecule is CC(C)(C)c1ccc(-c2ccccc2)c(N2[CH-]N(c3[c-]c(Oc4[c-]c(-n5c6ccc(-n7c8ccccc8c8ccccc87)cc6c6cccnc65)ccc4)ccc3)c3ccccc32)c1.[Pt]. The van der Waals surface area contributed by atoms with Gasteiger partial charge in [0.1, 0.15) is 5.65 Å². The summed E-state index contributed by atoms with van der Waals surface area (Å²) in [6.07, 6.45) is 1.85. The third-order valence-corrected chi connectivity index (χ3v) is 12.4. The van der Waals surface area contributed by atoms with Crippen LogP contribution in [0.1, 0.15) is 26.3 Å². The number of hydrogen-bond donors (Lipinski definition) is 0. The molecule has 8 aromatic carbocycles. The Kier molecular flexibility index (Phi) is 9.93. The second-order valence-corrected chi connectivity index (χ2v) is 17.4. The summed E-state index contributed by atoms with van der Waals surface area (Å²) in [5.74, 6) is 1.17. The summed E-state index contributed by atoms with van der Waals surface area (Å²) in [7, 11) is 0. The second-order valence-electron chi connectivity index (χ2n) is 17.4. The van der Waals surface area contributed by atoms with E-state index in [1.54, 1.807) is 0 Å². The Morgan fingerprint density at radius 3 is 1.83 bits per heavy atom. The van der Waals surface area contributed by atoms with Crippen molar-refractivity contribution in [2.45, 2.75) is 26.2 Å². The summed E-state index contributed by atoms with van der Waals surface area (Å²) >= 11 is 0. The molecule has 0 radical (unpaired) electrons. The molecule has 1 aliphatic heterocycles. The van der Waals surface area contributed by atoms with Crippen molar-refractivity contribution in [2.75, 3.05) is 9.80 Å². The number of benzene rings is 8. The molecule has 0 bridgehead atoms. The van der Waals surface area contributed by atoms with E-state index in [9.17, 15) is 0 Å². The van der Waals surface area contributed by atoms with Crippen LogP contribution < -0.4 is 14.5 Å². The molecule has 0 spiro atoms. The van der Waals surface area contributed by atoms with Gasteiger partial charge in [-0.2, -0.15) is 12.1 Å². The number of aromatic nitrogens is 3. The molecule has 0 aliphatic carbocycles. The van der Waals surface area contributed by atoms with Crippen molar-refractivity contribution in [3.8, 4) is 34.0 Å². The normalized spacial score (nSPS) is 12.6. The van der Waals surface area contributed by atoms with Gasteiger partial charge in [-0.05, 0) is 77.2 Å². The van der Waals surface area contributed by atoms with Gasteiger partial charge in [0.2, 0.25) is 0 Å². The number of anilines is 4. The number of ether oxygens (including phenoxy) is 1. The molecule has 0 saturated heterocycles. The van der Waals surface area contributed by atoms with Gasteiger partial charge >= 0.3 is 0 Å². The first-order chi connectivity index (χ1) is 31.4. The zero-order chi connectivity index (χ0) is 42.9. The van der Waals surface area contributed by atoms with Crippen molar-refractivity contribution in [1.82, 2.24) is 14.1 Å².